The minimum Gasteiger partial charge on any atom is -0.491 e. The molecule has 0 aliphatic heterocycles. The molecule has 0 atom stereocenters. The first-order valence-electron chi connectivity index (χ1n) is 7.19. The van der Waals surface area contributed by atoms with E-state index in [9.17, 15) is 4.79 Å². The molecule has 0 saturated carbocycles. The van der Waals surface area contributed by atoms with Gasteiger partial charge in [0.15, 0.2) is 0 Å². The number of halogens is 1. The van der Waals surface area contributed by atoms with E-state index in [-0.39, 0.29) is 5.02 Å². The van der Waals surface area contributed by atoms with E-state index in [2.05, 4.69) is 0 Å². The van der Waals surface area contributed by atoms with Crippen LogP contribution in [0.3, 0.4) is 0 Å². The molecule has 5 heteroatoms. The van der Waals surface area contributed by atoms with Gasteiger partial charge in [0.2, 0.25) is 0 Å². The molecule has 0 bridgehead atoms. The smallest absolute Gasteiger partial charge is 0.339 e. The lowest BCUT2D eigenvalue weighted by Crippen LogP contribution is -2.08. The molecule has 0 aliphatic carbocycles. The Labute approximate surface area is 134 Å². The van der Waals surface area contributed by atoms with Gasteiger partial charge < -0.3 is 14.2 Å². The zero-order valence-electron chi connectivity index (χ0n) is 12.7. The molecule has 0 aromatic heterocycles. The van der Waals surface area contributed by atoms with Gasteiger partial charge in [-0.25, -0.2) is 4.79 Å². The highest BCUT2D eigenvalue weighted by Crippen LogP contribution is 2.37. The number of hydrogen-bond donors (Lipinski definition) is 0. The molecule has 0 aliphatic rings. The van der Waals surface area contributed by atoms with Crippen LogP contribution in [0.2, 0.25) is 5.02 Å². The van der Waals surface area contributed by atoms with Crippen LogP contribution in [0, 0.1) is 0 Å². The molecule has 2 aromatic rings. The zero-order valence-corrected chi connectivity index (χ0v) is 13.5. The van der Waals surface area contributed by atoms with Crippen molar-refractivity contribution in [3.63, 3.8) is 0 Å². The highest BCUT2D eigenvalue weighted by molar-refractivity contribution is 6.36. The van der Waals surface area contributed by atoms with Gasteiger partial charge in [0.05, 0.1) is 23.8 Å². The Hall–Kier alpha value is -1.78. The molecule has 0 heterocycles. The van der Waals surface area contributed by atoms with Crippen LogP contribution < -0.4 is 4.74 Å². The van der Waals surface area contributed by atoms with E-state index in [1.165, 1.54) is 0 Å². The van der Waals surface area contributed by atoms with Crippen molar-refractivity contribution in [1.29, 1.82) is 0 Å². The summed E-state index contributed by atoms with van der Waals surface area (Å²) in [5, 5.41) is 2.05. The minimum atomic E-state index is -0.444. The van der Waals surface area contributed by atoms with Crippen LogP contribution in [0.1, 0.15) is 23.7 Å². The van der Waals surface area contributed by atoms with Crippen LogP contribution >= 0.6 is 11.6 Å². The average molecular weight is 323 g/mol. The molecular formula is C17H19ClO4. The maximum absolute atomic E-state index is 12.1. The zero-order chi connectivity index (χ0) is 15.9. The van der Waals surface area contributed by atoms with Gasteiger partial charge in [-0.05, 0) is 18.4 Å². The van der Waals surface area contributed by atoms with Crippen molar-refractivity contribution in [3.05, 3.63) is 40.9 Å². The molecule has 4 nitrogen and oxygen atoms in total. The maximum Gasteiger partial charge on any atom is 0.339 e. The average Bonchev–Trinajstić information content (AvgIpc) is 2.53. The first kappa shape index (κ1) is 16.6. The van der Waals surface area contributed by atoms with Crippen LogP contribution in [0.4, 0.5) is 0 Å². The summed E-state index contributed by atoms with van der Waals surface area (Å²) in [5.74, 6) is 0.0684. The summed E-state index contributed by atoms with van der Waals surface area (Å²) < 4.78 is 15.9. The fraction of sp³-hybridized carbons (Fsp3) is 0.353. The lowest BCUT2D eigenvalue weighted by atomic mass is 10.1. The number of esters is 1. The third-order valence-electron chi connectivity index (χ3n) is 3.18. The Bertz CT molecular complexity index is 654. The minimum absolute atomic E-state index is 0.287. The predicted molar refractivity (Wildman–Crippen MR) is 86.9 cm³/mol. The van der Waals surface area contributed by atoms with Gasteiger partial charge >= 0.3 is 5.97 Å². The number of rotatable bonds is 7. The Morgan fingerprint density at radius 1 is 1.23 bits per heavy atom. The van der Waals surface area contributed by atoms with Gasteiger partial charge in [0.1, 0.15) is 5.75 Å². The van der Waals surface area contributed by atoms with Crippen LogP contribution in [0.5, 0.6) is 5.75 Å². The standard InChI is InChI=1S/C17H19ClO4/c1-3-21-17(19)14-11-12-7-4-5-8-13(12)16(15(14)18)22-10-6-9-20-2/h4-5,7-8,11H,3,6,9-10H2,1-2H3. The topological polar surface area (TPSA) is 44.8 Å². The summed E-state index contributed by atoms with van der Waals surface area (Å²) in [6.07, 6.45) is 0.741. The Balaban J connectivity index is 2.41. The summed E-state index contributed by atoms with van der Waals surface area (Å²) in [7, 11) is 1.64. The van der Waals surface area contributed by atoms with Crippen LogP contribution in [-0.2, 0) is 9.47 Å². The number of fused-ring (bicyclic) bond motifs is 1. The highest BCUT2D eigenvalue weighted by atomic mass is 35.5. The lowest BCUT2D eigenvalue weighted by Gasteiger charge is -2.14. The first-order valence-corrected chi connectivity index (χ1v) is 7.57. The van der Waals surface area contributed by atoms with E-state index >= 15 is 0 Å². The monoisotopic (exact) mass is 322 g/mol. The quantitative estimate of drug-likeness (QED) is 0.569. The van der Waals surface area contributed by atoms with Crippen molar-refractivity contribution in [2.45, 2.75) is 13.3 Å². The molecule has 0 saturated heterocycles. The Morgan fingerprint density at radius 3 is 2.73 bits per heavy atom. The fourth-order valence-corrected chi connectivity index (χ4v) is 2.45. The summed E-state index contributed by atoms with van der Waals surface area (Å²) >= 11 is 6.37. The number of benzene rings is 2. The first-order chi connectivity index (χ1) is 10.7. The second-order valence-electron chi connectivity index (χ2n) is 4.70. The second-order valence-corrected chi connectivity index (χ2v) is 5.08. The van der Waals surface area contributed by atoms with Gasteiger partial charge in [-0.15, -0.1) is 0 Å². The molecule has 0 spiro atoms. The van der Waals surface area contributed by atoms with E-state index in [0.29, 0.717) is 31.1 Å². The fourth-order valence-electron chi connectivity index (χ4n) is 2.17. The molecule has 0 unspecified atom stereocenters. The van der Waals surface area contributed by atoms with Gasteiger partial charge in [0, 0.05) is 25.5 Å². The third kappa shape index (κ3) is 3.70. The van der Waals surface area contributed by atoms with Crippen LogP contribution in [0.25, 0.3) is 10.8 Å². The van der Waals surface area contributed by atoms with E-state index in [4.69, 9.17) is 25.8 Å². The molecule has 118 valence electrons. The molecule has 0 amide bonds. The van der Waals surface area contributed by atoms with Crippen molar-refractivity contribution >= 4 is 28.3 Å². The summed E-state index contributed by atoms with van der Waals surface area (Å²) in [5.41, 5.74) is 0.323. The lowest BCUT2D eigenvalue weighted by molar-refractivity contribution is 0.0526. The van der Waals surface area contributed by atoms with Crippen molar-refractivity contribution in [3.8, 4) is 5.75 Å². The number of carbonyl (C=O) groups is 1. The van der Waals surface area contributed by atoms with E-state index in [1.54, 1.807) is 20.1 Å². The van der Waals surface area contributed by atoms with Gasteiger partial charge in [-0.1, -0.05) is 35.9 Å². The third-order valence-corrected chi connectivity index (χ3v) is 3.55. The summed E-state index contributed by atoms with van der Waals surface area (Å²) in [6, 6.07) is 9.38. The SMILES string of the molecule is CCOC(=O)c1cc2ccccc2c(OCCCOC)c1Cl. The van der Waals surface area contributed by atoms with Crippen LogP contribution in [0.15, 0.2) is 30.3 Å². The molecule has 0 N–H and O–H groups in total. The summed E-state index contributed by atoms with van der Waals surface area (Å²) in [4.78, 5) is 12.1. The number of hydrogen-bond acceptors (Lipinski definition) is 4. The number of methoxy groups -OCH3 is 1. The molecule has 0 radical (unpaired) electrons. The molecule has 2 rings (SSSR count). The number of carbonyl (C=O) groups excluding carboxylic acids is 1. The van der Waals surface area contributed by atoms with E-state index in [1.807, 2.05) is 24.3 Å². The van der Waals surface area contributed by atoms with Gasteiger partial charge in [-0.3, -0.25) is 0 Å². The van der Waals surface area contributed by atoms with Crippen molar-refractivity contribution in [2.24, 2.45) is 0 Å². The Kier molecular flexibility index (Phi) is 6.04. The predicted octanol–water partition coefficient (Wildman–Crippen LogP) is 4.09. The van der Waals surface area contributed by atoms with Crippen molar-refractivity contribution in [1.82, 2.24) is 0 Å². The van der Waals surface area contributed by atoms with E-state index < -0.39 is 5.97 Å². The molecule has 2 aromatic carbocycles. The molecule has 22 heavy (non-hydrogen) atoms. The Morgan fingerprint density at radius 2 is 2.00 bits per heavy atom. The second kappa shape index (κ2) is 8.01. The van der Waals surface area contributed by atoms with Gasteiger partial charge in [0.25, 0.3) is 0 Å². The number of ether oxygens (including phenoxy) is 3. The maximum atomic E-state index is 12.1. The molecule has 0 fully saturated rings. The highest BCUT2D eigenvalue weighted by Gasteiger charge is 2.19. The largest absolute Gasteiger partial charge is 0.491 e. The molecular weight excluding hydrogens is 304 g/mol. The van der Waals surface area contributed by atoms with Crippen molar-refractivity contribution in [2.75, 3.05) is 26.9 Å². The van der Waals surface area contributed by atoms with Crippen LogP contribution in [-0.4, -0.2) is 32.9 Å². The van der Waals surface area contributed by atoms with Crippen molar-refractivity contribution < 1.29 is 19.0 Å². The van der Waals surface area contributed by atoms with Gasteiger partial charge in [-0.2, -0.15) is 0 Å². The van der Waals surface area contributed by atoms with E-state index in [0.717, 1.165) is 17.2 Å². The summed E-state index contributed by atoms with van der Waals surface area (Å²) in [6.45, 7) is 3.12. The normalized spacial score (nSPS) is 10.7.